The highest BCUT2D eigenvalue weighted by molar-refractivity contribution is 5.96. The summed E-state index contributed by atoms with van der Waals surface area (Å²) in [6.07, 6.45) is 5.90. The smallest absolute Gasteiger partial charge is 0.257 e. The molecule has 1 aromatic heterocycles. The van der Waals surface area contributed by atoms with Gasteiger partial charge < -0.3 is 15.0 Å². The van der Waals surface area contributed by atoms with E-state index in [9.17, 15) is 9.59 Å². The van der Waals surface area contributed by atoms with Crippen LogP contribution in [0.1, 0.15) is 48.7 Å². The van der Waals surface area contributed by atoms with Gasteiger partial charge in [-0.2, -0.15) is 5.10 Å². The van der Waals surface area contributed by atoms with Crippen molar-refractivity contribution in [2.45, 2.75) is 51.2 Å². The van der Waals surface area contributed by atoms with Crippen molar-refractivity contribution in [2.24, 2.45) is 0 Å². The van der Waals surface area contributed by atoms with E-state index in [-0.39, 0.29) is 24.4 Å². The maximum atomic E-state index is 12.6. The summed E-state index contributed by atoms with van der Waals surface area (Å²) < 4.78 is 5.74. The van der Waals surface area contributed by atoms with Gasteiger partial charge in [0.2, 0.25) is 0 Å². The Hall–Kier alpha value is -1.89. The molecule has 1 saturated carbocycles. The van der Waals surface area contributed by atoms with Crippen LogP contribution in [0.25, 0.3) is 0 Å². The zero-order chi connectivity index (χ0) is 16.4. The maximum Gasteiger partial charge on any atom is 0.257 e. The molecular formula is C16H24N4O3. The Bertz CT molecular complexity index is 594. The predicted octanol–water partition coefficient (Wildman–Crippen LogP) is 1.01. The zero-order valence-electron chi connectivity index (χ0n) is 13.7. The summed E-state index contributed by atoms with van der Waals surface area (Å²) in [6, 6.07) is 0.241. The average Bonchev–Trinajstić information content (AvgIpc) is 3.18. The number of H-pyrrole nitrogens is 1. The van der Waals surface area contributed by atoms with Crippen LogP contribution in [0, 0.1) is 6.92 Å². The van der Waals surface area contributed by atoms with Gasteiger partial charge >= 0.3 is 0 Å². The summed E-state index contributed by atoms with van der Waals surface area (Å²) in [5, 5.41) is 9.74. The lowest BCUT2D eigenvalue weighted by molar-refractivity contribution is -0.154. The maximum absolute atomic E-state index is 12.6. The number of rotatable bonds is 3. The number of carbonyl (C=O) groups excluding carboxylic acids is 2. The molecule has 7 heteroatoms. The number of aromatic nitrogens is 2. The van der Waals surface area contributed by atoms with Gasteiger partial charge in [-0.05, 0) is 26.7 Å². The molecule has 0 spiro atoms. The first-order valence-corrected chi connectivity index (χ1v) is 8.24. The number of hydrogen-bond acceptors (Lipinski definition) is 4. The van der Waals surface area contributed by atoms with Gasteiger partial charge in [-0.1, -0.05) is 12.8 Å². The highest BCUT2D eigenvalue weighted by Gasteiger charge is 2.42. The third-order valence-electron chi connectivity index (χ3n) is 4.79. The number of nitrogens with zero attached hydrogens (tertiary/aromatic N) is 2. The van der Waals surface area contributed by atoms with Crippen molar-refractivity contribution >= 4 is 11.8 Å². The van der Waals surface area contributed by atoms with Crippen LogP contribution in [-0.2, 0) is 9.53 Å². The molecule has 2 aliphatic rings. The largest absolute Gasteiger partial charge is 0.362 e. The van der Waals surface area contributed by atoms with Crippen molar-refractivity contribution < 1.29 is 14.3 Å². The minimum absolute atomic E-state index is 0.112. The Morgan fingerprint density at radius 1 is 1.43 bits per heavy atom. The van der Waals surface area contributed by atoms with Crippen LogP contribution in [0.5, 0.6) is 0 Å². The third kappa shape index (κ3) is 3.24. The quantitative estimate of drug-likeness (QED) is 0.870. The fraction of sp³-hybridized carbons (Fsp3) is 0.688. The second-order valence-electron chi connectivity index (χ2n) is 6.67. The predicted molar refractivity (Wildman–Crippen MR) is 84.0 cm³/mol. The van der Waals surface area contributed by atoms with E-state index in [1.54, 1.807) is 11.8 Å². The SMILES string of the molecule is Cc1[nH]ncc1C(=O)N1CCO[C@@](C)(C(=O)NC2CCCC2)C1. The normalized spacial score (nSPS) is 25.6. The Labute approximate surface area is 135 Å². The standard InChI is InChI=1S/C16H24N4O3/c1-11-13(9-17-19-11)14(21)20-7-8-23-16(2,10-20)15(22)18-12-5-3-4-6-12/h9,12H,3-8,10H2,1-2H3,(H,17,19)(H,18,22)/t16-/m1/s1. The molecule has 0 radical (unpaired) electrons. The van der Waals surface area contributed by atoms with Crippen LogP contribution >= 0.6 is 0 Å². The number of aryl methyl sites for hydroxylation is 1. The lowest BCUT2D eigenvalue weighted by Crippen LogP contribution is -2.60. The summed E-state index contributed by atoms with van der Waals surface area (Å²) in [5.74, 6) is -0.231. The van der Waals surface area contributed by atoms with E-state index in [1.807, 2.05) is 6.92 Å². The van der Waals surface area contributed by atoms with E-state index in [0.717, 1.165) is 31.4 Å². The molecule has 126 valence electrons. The second kappa shape index (κ2) is 6.31. The minimum atomic E-state index is -0.992. The van der Waals surface area contributed by atoms with Crippen LogP contribution < -0.4 is 5.32 Å². The van der Waals surface area contributed by atoms with Crippen molar-refractivity contribution in [1.82, 2.24) is 20.4 Å². The molecule has 1 saturated heterocycles. The molecule has 1 aromatic rings. The van der Waals surface area contributed by atoms with Gasteiger partial charge in [-0.15, -0.1) is 0 Å². The fourth-order valence-corrected chi connectivity index (χ4v) is 3.33. The van der Waals surface area contributed by atoms with Gasteiger partial charge in [0, 0.05) is 18.3 Å². The molecule has 3 rings (SSSR count). The highest BCUT2D eigenvalue weighted by atomic mass is 16.5. The summed E-state index contributed by atoms with van der Waals surface area (Å²) in [5.41, 5.74) is 0.290. The number of morpholine rings is 1. The van der Waals surface area contributed by atoms with Gasteiger partial charge in [-0.3, -0.25) is 14.7 Å². The number of amides is 2. The summed E-state index contributed by atoms with van der Waals surface area (Å²) >= 11 is 0. The molecule has 0 bridgehead atoms. The van der Waals surface area contributed by atoms with Crippen LogP contribution in [0.15, 0.2) is 6.20 Å². The molecule has 2 fully saturated rings. The van der Waals surface area contributed by atoms with Gasteiger partial charge in [-0.25, -0.2) is 0 Å². The van der Waals surface area contributed by atoms with E-state index in [4.69, 9.17) is 4.74 Å². The molecule has 1 aliphatic carbocycles. The van der Waals surface area contributed by atoms with Crippen LogP contribution in [0.4, 0.5) is 0 Å². The molecule has 1 aliphatic heterocycles. The Morgan fingerprint density at radius 2 is 2.17 bits per heavy atom. The van der Waals surface area contributed by atoms with Gasteiger partial charge in [0.1, 0.15) is 0 Å². The molecule has 0 aromatic carbocycles. The monoisotopic (exact) mass is 320 g/mol. The molecular weight excluding hydrogens is 296 g/mol. The zero-order valence-corrected chi connectivity index (χ0v) is 13.7. The molecule has 23 heavy (non-hydrogen) atoms. The summed E-state index contributed by atoms with van der Waals surface area (Å²) in [4.78, 5) is 26.9. The van der Waals surface area contributed by atoms with Gasteiger partial charge in [0.05, 0.1) is 24.9 Å². The van der Waals surface area contributed by atoms with E-state index >= 15 is 0 Å². The number of nitrogens with one attached hydrogen (secondary N) is 2. The van der Waals surface area contributed by atoms with Gasteiger partial charge in [0.15, 0.2) is 5.60 Å². The van der Waals surface area contributed by atoms with Crippen LogP contribution in [0.2, 0.25) is 0 Å². The molecule has 2 N–H and O–H groups in total. The lowest BCUT2D eigenvalue weighted by atomic mass is 10.0. The molecule has 0 unspecified atom stereocenters. The van der Waals surface area contributed by atoms with Crippen molar-refractivity contribution in [3.63, 3.8) is 0 Å². The number of ether oxygens (including phenoxy) is 1. The minimum Gasteiger partial charge on any atom is -0.362 e. The first-order valence-electron chi connectivity index (χ1n) is 8.24. The third-order valence-corrected chi connectivity index (χ3v) is 4.79. The highest BCUT2D eigenvalue weighted by Crippen LogP contribution is 2.23. The molecule has 2 heterocycles. The summed E-state index contributed by atoms with van der Waals surface area (Å²) in [7, 11) is 0. The number of carbonyl (C=O) groups is 2. The number of hydrogen-bond donors (Lipinski definition) is 2. The van der Waals surface area contributed by atoms with E-state index in [2.05, 4.69) is 15.5 Å². The van der Waals surface area contributed by atoms with Crippen molar-refractivity contribution in [1.29, 1.82) is 0 Å². The lowest BCUT2D eigenvalue weighted by Gasteiger charge is -2.39. The van der Waals surface area contributed by atoms with E-state index in [0.29, 0.717) is 18.7 Å². The van der Waals surface area contributed by atoms with Crippen molar-refractivity contribution in [2.75, 3.05) is 19.7 Å². The Kier molecular flexibility index (Phi) is 4.39. The first-order chi connectivity index (χ1) is 11.0. The average molecular weight is 320 g/mol. The molecule has 7 nitrogen and oxygen atoms in total. The second-order valence-corrected chi connectivity index (χ2v) is 6.67. The Morgan fingerprint density at radius 3 is 2.83 bits per heavy atom. The summed E-state index contributed by atoms with van der Waals surface area (Å²) in [6.45, 7) is 4.67. The fourth-order valence-electron chi connectivity index (χ4n) is 3.33. The molecule has 2 amide bonds. The van der Waals surface area contributed by atoms with Crippen molar-refractivity contribution in [3.8, 4) is 0 Å². The van der Waals surface area contributed by atoms with Gasteiger partial charge in [0.25, 0.3) is 11.8 Å². The molecule has 1 atom stereocenters. The number of aromatic amines is 1. The topological polar surface area (TPSA) is 87.3 Å². The first kappa shape index (κ1) is 16.0. The van der Waals surface area contributed by atoms with Crippen LogP contribution in [-0.4, -0.2) is 58.3 Å². The Balaban J connectivity index is 1.67. The van der Waals surface area contributed by atoms with E-state index < -0.39 is 5.60 Å². The van der Waals surface area contributed by atoms with Crippen molar-refractivity contribution in [3.05, 3.63) is 17.5 Å². The van der Waals surface area contributed by atoms with E-state index in [1.165, 1.54) is 6.20 Å². The van der Waals surface area contributed by atoms with Crippen LogP contribution in [0.3, 0.4) is 0 Å².